The predicted molar refractivity (Wildman–Crippen MR) is 118 cm³/mol. The Labute approximate surface area is 177 Å². The zero-order valence-corrected chi connectivity index (χ0v) is 16.4. The van der Waals surface area contributed by atoms with E-state index in [1.165, 1.54) is 12.1 Å². The first kappa shape index (κ1) is 19.4. The fourth-order valence-corrected chi connectivity index (χ4v) is 2.99. The van der Waals surface area contributed by atoms with E-state index in [4.69, 9.17) is 11.6 Å². The van der Waals surface area contributed by atoms with Gasteiger partial charge in [-0.15, -0.1) is 0 Å². The number of hydrogen-bond donors (Lipinski definition) is 1. The normalized spacial score (nSPS) is 11.0. The topological polar surface area (TPSA) is 85.3 Å². The first-order valence-corrected chi connectivity index (χ1v) is 9.42. The van der Waals surface area contributed by atoms with E-state index in [1.54, 1.807) is 35.2 Å². The number of aromatic nitrogens is 2. The lowest BCUT2D eigenvalue weighted by Crippen LogP contribution is -1.95. The molecule has 0 saturated heterocycles. The van der Waals surface area contributed by atoms with E-state index < -0.39 is 4.92 Å². The standard InChI is InChI=1S/C22H16ClN5O2/c23-18-6-8-19(9-7-18)25-24-14-17-15-27(20-10-12-21(13-11-20)28(29)30)26-22(17)16-4-2-1-3-5-16/h1-15,25H/b24-14-. The van der Waals surface area contributed by atoms with E-state index in [1.807, 2.05) is 48.7 Å². The fraction of sp³-hybridized carbons (Fsp3) is 0. The second-order valence-corrected chi connectivity index (χ2v) is 6.83. The summed E-state index contributed by atoms with van der Waals surface area (Å²) in [5, 5.41) is 20.5. The highest BCUT2D eigenvalue weighted by atomic mass is 35.5. The number of nitro groups is 1. The molecule has 1 aromatic heterocycles. The van der Waals surface area contributed by atoms with Gasteiger partial charge in [-0.3, -0.25) is 15.5 Å². The van der Waals surface area contributed by atoms with Crippen LogP contribution in [-0.2, 0) is 0 Å². The van der Waals surface area contributed by atoms with Crippen LogP contribution in [0.4, 0.5) is 11.4 Å². The van der Waals surface area contributed by atoms with Crippen molar-refractivity contribution in [1.82, 2.24) is 9.78 Å². The minimum atomic E-state index is -0.428. The zero-order valence-electron chi connectivity index (χ0n) is 15.6. The van der Waals surface area contributed by atoms with Crippen molar-refractivity contribution < 1.29 is 4.92 Å². The van der Waals surface area contributed by atoms with Crippen LogP contribution >= 0.6 is 11.6 Å². The van der Waals surface area contributed by atoms with Crippen LogP contribution in [0, 0.1) is 10.1 Å². The van der Waals surface area contributed by atoms with Crippen LogP contribution in [-0.4, -0.2) is 20.9 Å². The van der Waals surface area contributed by atoms with Gasteiger partial charge in [0.2, 0.25) is 0 Å². The van der Waals surface area contributed by atoms with Crippen LogP contribution in [0.3, 0.4) is 0 Å². The Balaban J connectivity index is 1.66. The van der Waals surface area contributed by atoms with Gasteiger partial charge in [-0.1, -0.05) is 41.9 Å². The number of nitrogens with one attached hydrogen (secondary N) is 1. The van der Waals surface area contributed by atoms with Gasteiger partial charge in [-0.2, -0.15) is 10.2 Å². The SMILES string of the molecule is O=[N+]([O-])c1ccc(-n2cc(/C=N\Nc3ccc(Cl)cc3)c(-c3ccccc3)n2)cc1. The molecule has 0 aliphatic rings. The smallest absolute Gasteiger partial charge is 0.269 e. The minimum absolute atomic E-state index is 0.0307. The van der Waals surface area contributed by atoms with Crippen molar-refractivity contribution >= 4 is 29.2 Å². The molecule has 3 aromatic carbocycles. The molecular formula is C22H16ClN5O2. The maximum atomic E-state index is 10.9. The first-order chi connectivity index (χ1) is 14.6. The molecule has 0 atom stereocenters. The number of hydrazone groups is 1. The number of nitrogens with zero attached hydrogens (tertiary/aromatic N) is 4. The van der Waals surface area contributed by atoms with Crippen LogP contribution in [0.2, 0.25) is 5.02 Å². The summed E-state index contributed by atoms with van der Waals surface area (Å²) in [5.74, 6) is 0. The maximum Gasteiger partial charge on any atom is 0.269 e. The Morgan fingerprint density at radius 2 is 1.70 bits per heavy atom. The molecule has 4 rings (SSSR count). The minimum Gasteiger partial charge on any atom is -0.279 e. The molecule has 0 saturated carbocycles. The first-order valence-electron chi connectivity index (χ1n) is 9.05. The fourth-order valence-electron chi connectivity index (χ4n) is 2.86. The molecule has 1 N–H and O–H groups in total. The summed E-state index contributed by atoms with van der Waals surface area (Å²) in [6.07, 6.45) is 3.52. The summed E-state index contributed by atoms with van der Waals surface area (Å²) in [5.41, 5.74) is 6.99. The van der Waals surface area contributed by atoms with Crippen LogP contribution < -0.4 is 5.43 Å². The Morgan fingerprint density at radius 3 is 2.37 bits per heavy atom. The molecule has 30 heavy (non-hydrogen) atoms. The van der Waals surface area contributed by atoms with Crippen molar-refractivity contribution in [2.75, 3.05) is 5.43 Å². The molecule has 0 bridgehead atoms. The van der Waals surface area contributed by atoms with Crippen molar-refractivity contribution in [3.05, 3.63) is 106 Å². The highest BCUT2D eigenvalue weighted by Crippen LogP contribution is 2.23. The molecule has 0 aliphatic carbocycles. The number of non-ortho nitro benzene ring substituents is 1. The molecule has 4 aromatic rings. The molecule has 0 spiro atoms. The molecule has 8 heteroatoms. The van der Waals surface area contributed by atoms with Gasteiger partial charge in [0, 0.05) is 34.5 Å². The van der Waals surface area contributed by atoms with Crippen LogP contribution in [0.1, 0.15) is 5.56 Å². The van der Waals surface area contributed by atoms with Gasteiger partial charge < -0.3 is 0 Å². The molecule has 0 fully saturated rings. The van der Waals surface area contributed by atoms with Crippen molar-refractivity contribution in [3.8, 4) is 16.9 Å². The molecule has 0 aliphatic heterocycles. The number of hydrogen-bond acceptors (Lipinski definition) is 5. The second-order valence-electron chi connectivity index (χ2n) is 6.39. The Kier molecular flexibility index (Phi) is 5.54. The molecular weight excluding hydrogens is 402 g/mol. The largest absolute Gasteiger partial charge is 0.279 e. The molecule has 0 unspecified atom stereocenters. The van der Waals surface area contributed by atoms with Crippen LogP contribution in [0.15, 0.2) is 90.2 Å². The summed E-state index contributed by atoms with van der Waals surface area (Å²) >= 11 is 5.90. The average Bonchev–Trinajstić information content (AvgIpc) is 3.20. The van der Waals surface area contributed by atoms with Gasteiger partial charge in [0.1, 0.15) is 5.69 Å². The lowest BCUT2D eigenvalue weighted by atomic mass is 10.1. The van der Waals surface area contributed by atoms with E-state index in [9.17, 15) is 10.1 Å². The van der Waals surface area contributed by atoms with Crippen LogP contribution in [0.5, 0.6) is 0 Å². The predicted octanol–water partition coefficient (Wildman–Crippen LogP) is 5.55. The van der Waals surface area contributed by atoms with E-state index in [2.05, 4.69) is 15.6 Å². The third kappa shape index (κ3) is 4.37. The lowest BCUT2D eigenvalue weighted by molar-refractivity contribution is -0.384. The highest BCUT2D eigenvalue weighted by Gasteiger charge is 2.12. The van der Waals surface area contributed by atoms with Gasteiger partial charge in [0.05, 0.1) is 22.5 Å². The molecule has 148 valence electrons. The molecule has 0 amide bonds. The summed E-state index contributed by atoms with van der Waals surface area (Å²) in [7, 11) is 0. The van der Waals surface area contributed by atoms with Crippen molar-refractivity contribution in [3.63, 3.8) is 0 Å². The summed E-state index contributed by atoms with van der Waals surface area (Å²) in [4.78, 5) is 10.5. The van der Waals surface area contributed by atoms with Crippen molar-refractivity contribution in [2.24, 2.45) is 5.10 Å². The van der Waals surface area contributed by atoms with E-state index in [0.717, 1.165) is 22.5 Å². The van der Waals surface area contributed by atoms with Crippen molar-refractivity contribution in [1.29, 1.82) is 0 Å². The van der Waals surface area contributed by atoms with E-state index in [-0.39, 0.29) is 5.69 Å². The summed E-state index contributed by atoms with van der Waals surface area (Å²) in [6.45, 7) is 0. The Morgan fingerprint density at radius 1 is 1.00 bits per heavy atom. The Hall–Kier alpha value is -3.97. The quantitative estimate of drug-likeness (QED) is 0.253. The van der Waals surface area contributed by atoms with Gasteiger partial charge in [-0.25, -0.2) is 4.68 Å². The third-order valence-electron chi connectivity index (χ3n) is 4.36. The average molecular weight is 418 g/mol. The maximum absolute atomic E-state index is 10.9. The highest BCUT2D eigenvalue weighted by molar-refractivity contribution is 6.30. The van der Waals surface area contributed by atoms with Crippen LogP contribution in [0.25, 0.3) is 16.9 Å². The van der Waals surface area contributed by atoms with Crippen molar-refractivity contribution in [2.45, 2.75) is 0 Å². The van der Waals surface area contributed by atoms with Gasteiger partial charge in [-0.05, 0) is 36.4 Å². The summed E-state index contributed by atoms with van der Waals surface area (Å²) in [6, 6.07) is 23.2. The van der Waals surface area contributed by atoms with Gasteiger partial charge in [0.25, 0.3) is 5.69 Å². The second kappa shape index (κ2) is 8.59. The number of rotatable bonds is 6. The van der Waals surface area contributed by atoms with E-state index in [0.29, 0.717) is 10.7 Å². The lowest BCUT2D eigenvalue weighted by Gasteiger charge is -2.01. The molecule has 1 heterocycles. The number of anilines is 1. The van der Waals surface area contributed by atoms with Gasteiger partial charge >= 0.3 is 0 Å². The third-order valence-corrected chi connectivity index (χ3v) is 4.61. The van der Waals surface area contributed by atoms with E-state index >= 15 is 0 Å². The number of nitro benzene ring substituents is 1. The molecule has 7 nitrogen and oxygen atoms in total. The number of halogens is 1. The Bertz CT molecular complexity index is 1190. The monoisotopic (exact) mass is 417 g/mol. The molecule has 0 radical (unpaired) electrons. The van der Waals surface area contributed by atoms with Gasteiger partial charge in [0.15, 0.2) is 0 Å². The summed E-state index contributed by atoms with van der Waals surface area (Å²) < 4.78 is 1.68. The zero-order chi connectivity index (χ0) is 20.9. The number of benzene rings is 3.